The van der Waals surface area contributed by atoms with E-state index in [-0.39, 0.29) is 12.4 Å². The van der Waals surface area contributed by atoms with Gasteiger partial charge in [0.15, 0.2) is 5.78 Å². The van der Waals surface area contributed by atoms with Crippen molar-refractivity contribution in [2.75, 3.05) is 12.4 Å². The van der Waals surface area contributed by atoms with E-state index in [9.17, 15) is 9.59 Å². The van der Waals surface area contributed by atoms with Crippen molar-refractivity contribution in [3.05, 3.63) is 70.6 Å². The fourth-order valence-corrected chi connectivity index (χ4v) is 4.26. The molecule has 24 heavy (non-hydrogen) atoms. The number of carbonyl (C=O) groups is 1. The van der Waals surface area contributed by atoms with Gasteiger partial charge < -0.3 is 9.15 Å². The summed E-state index contributed by atoms with van der Waals surface area (Å²) in [4.78, 5) is 25.8. The molecule has 0 amide bonds. The van der Waals surface area contributed by atoms with Crippen molar-refractivity contribution < 1.29 is 13.9 Å². The molecule has 1 unspecified atom stereocenters. The summed E-state index contributed by atoms with van der Waals surface area (Å²) in [6.45, 7) is -0.0546. The van der Waals surface area contributed by atoms with E-state index in [0.717, 1.165) is 10.3 Å². The maximum Gasteiger partial charge on any atom is 0.341 e. The Morgan fingerprint density at radius 2 is 1.88 bits per heavy atom. The Hall–Kier alpha value is -2.53. The van der Waals surface area contributed by atoms with Gasteiger partial charge in [-0.1, -0.05) is 36.4 Å². The zero-order valence-corrected chi connectivity index (χ0v) is 13.5. The average Bonchev–Trinajstić information content (AvgIpc) is 3.07. The lowest BCUT2D eigenvalue weighted by Crippen LogP contribution is -2.24. The third kappa shape index (κ3) is 2.61. The molecule has 3 aromatic rings. The van der Waals surface area contributed by atoms with Gasteiger partial charge in [-0.3, -0.25) is 4.79 Å². The number of rotatable bonds is 4. The summed E-state index contributed by atoms with van der Waals surface area (Å²) in [7, 11) is 0. The van der Waals surface area contributed by atoms with Crippen LogP contribution in [0.25, 0.3) is 11.0 Å². The Kier molecular flexibility index (Phi) is 3.86. The van der Waals surface area contributed by atoms with Crippen molar-refractivity contribution in [3.8, 4) is 5.75 Å². The van der Waals surface area contributed by atoms with E-state index in [1.807, 2.05) is 36.4 Å². The van der Waals surface area contributed by atoms with Crippen LogP contribution >= 0.6 is 11.8 Å². The molecule has 0 bridgehead atoms. The normalized spacial score (nSPS) is 16.1. The Labute approximate surface area is 142 Å². The summed E-state index contributed by atoms with van der Waals surface area (Å²) in [6.07, 6.45) is 0. The average molecular weight is 338 g/mol. The molecule has 5 heteroatoms. The summed E-state index contributed by atoms with van der Waals surface area (Å²) < 4.78 is 10.9. The van der Waals surface area contributed by atoms with Gasteiger partial charge in [0.05, 0.1) is 11.5 Å². The van der Waals surface area contributed by atoms with Gasteiger partial charge >= 0.3 is 5.63 Å². The first-order valence-corrected chi connectivity index (χ1v) is 8.61. The topological polar surface area (TPSA) is 56.5 Å². The van der Waals surface area contributed by atoms with Crippen LogP contribution in [0.15, 0.2) is 68.7 Å². The van der Waals surface area contributed by atoms with Crippen LogP contribution in [0.5, 0.6) is 5.75 Å². The van der Waals surface area contributed by atoms with Crippen molar-refractivity contribution in [1.29, 1.82) is 0 Å². The van der Waals surface area contributed by atoms with Gasteiger partial charge in [-0.15, -0.1) is 11.8 Å². The largest absolute Gasteiger partial charge is 0.486 e. The van der Waals surface area contributed by atoms with Gasteiger partial charge in [0.25, 0.3) is 0 Å². The van der Waals surface area contributed by atoms with Gasteiger partial charge in [0, 0.05) is 16.0 Å². The third-order valence-corrected chi connectivity index (χ3v) is 5.28. The van der Waals surface area contributed by atoms with Crippen LogP contribution in [0.3, 0.4) is 0 Å². The second kappa shape index (κ2) is 6.17. The minimum atomic E-state index is -0.477. The molecule has 120 valence electrons. The van der Waals surface area contributed by atoms with Crippen LogP contribution in [-0.2, 0) is 4.79 Å². The van der Waals surface area contributed by atoms with E-state index in [1.54, 1.807) is 18.2 Å². The number of hydrogen-bond donors (Lipinski definition) is 0. The summed E-state index contributed by atoms with van der Waals surface area (Å²) in [5, 5.41) is 0.886. The molecule has 1 aliphatic rings. The maximum atomic E-state index is 12.6. The summed E-state index contributed by atoms with van der Waals surface area (Å²) >= 11 is 1.53. The molecule has 2 heterocycles. The van der Waals surface area contributed by atoms with Crippen molar-refractivity contribution in [2.24, 2.45) is 0 Å². The Morgan fingerprint density at radius 3 is 2.71 bits per heavy atom. The Balaban J connectivity index is 1.63. The predicted octanol–water partition coefficient (Wildman–Crippen LogP) is 3.63. The van der Waals surface area contributed by atoms with Gasteiger partial charge in [-0.2, -0.15) is 0 Å². The molecule has 0 aliphatic carbocycles. The lowest BCUT2D eigenvalue weighted by atomic mass is 9.97. The molecule has 1 aromatic heterocycles. The lowest BCUT2D eigenvalue weighted by Gasteiger charge is -2.10. The van der Waals surface area contributed by atoms with Crippen LogP contribution in [-0.4, -0.2) is 18.1 Å². The molecule has 4 rings (SSSR count). The molecule has 0 N–H and O–H groups in total. The quantitative estimate of drug-likeness (QED) is 0.680. The molecular formula is C19H14O4S. The molecule has 0 radical (unpaired) electrons. The SMILES string of the molecule is O=C(COc1ccccc1)C1CSc2c1c(=O)oc1ccccc21. The smallest absolute Gasteiger partial charge is 0.341 e. The number of hydrogen-bond acceptors (Lipinski definition) is 5. The van der Waals surface area contributed by atoms with E-state index in [0.29, 0.717) is 22.6 Å². The fraction of sp³-hybridized carbons (Fsp3) is 0.158. The molecule has 4 nitrogen and oxygen atoms in total. The molecule has 0 fully saturated rings. The Morgan fingerprint density at radius 1 is 1.12 bits per heavy atom. The fourth-order valence-electron chi connectivity index (χ4n) is 2.87. The van der Waals surface area contributed by atoms with E-state index in [1.165, 1.54) is 11.8 Å². The highest BCUT2D eigenvalue weighted by Crippen LogP contribution is 2.42. The van der Waals surface area contributed by atoms with E-state index in [4.69, 9.17) is 9.15 Å². The molecule has 0 saturated carbocycles. The predicted molar refractivity (Wildman–Crippen MR) is 92.9 cm³/mol. The highest BCUT2D eigenvalue weighted by Gasteiger charge is 2.34. The summed E-state index contributed by atoms with van der Waals surface area (Å²) in [5.41, 5.74) is 0.606. The van der Waals surface area contributed by atoms with E-state index in [2.05, 4.69) is 0 Å². The van der Waals surface area contributed by atoms with Crippen LogP contribution in [0.1, 0.15) is 11.5 Å². The molecule has 2 aromatic carbocycles. The van der Waals surface area contributed by atoms with Gasteiger partial charge in [0.2, 0.25) is 0 Å². The molecule has 0 spiro atoms. The molecule has 1 aliphatic heterocycles. The van der Waals surface area contributed by atoms with Crippen molar-refractivity contribution in [3.63, 3.8) is 0 Å². The number of ether oxygens (including phenoxy) is 1. The summed E-state index contributed by atoms with van der Waals surface area (Å²) in [5.74, 6) is 0.606. The number of para-hydroxylation sites is 2. The zero-order valence-electron chi connectivity index (χ0n) is 12.7. The van der Waals surface area contributed by atoms with E-state index < -0.39 is 11.5 Å². The second-order valence-corrected chi connectivity index (χ2v) is 6.59. The van der Waals surface area contributed by atoms with Crippen LogP contribution in [0, 0.1) is 0 Å². The molecule has 0 saturated heterocycles. The highest BCUT2D eigenvalue weighted by atomic mass is 32.2. The first-order chi connectivity index (χ1) is 11.7. The zero-order chi connectivity index (χ0) is 16.5. The van der Waals surface area contributed by atoms with Crippen molar-refractivity contribution in [2.45, 2.75) is 10.8 Å². The monoisotopic (exact) mass is 338 g/mol. The Bertz CT molecular complexity index is 962. The lowest BCUT2D eigenvalue weighted by molar-refractivity contribution is -0.122. The number of carbonyl (C=O) groups excluding carboxylic acids is 1. The van der Waals surface area contributed by atoms with Gasteiger partial charge in [-0.25, -0.2) is 4.79 Å². The number of fused-ring (bicyclic) bond motifs is 3. The van der Waals surface area contributed by atoms with Crippen molar-refractivity contribution >= 4 is 28.5 Å². The van der Waals surface area contributed by atoms with E-state index >= 15 is 0 Å². The maximum absolute atomic E-state index is 12.6. The van der Waals surface area contributed by atoms with Gasteiger partial charge in [-0.05, 0) is 18.2 Å². The number of thioether (sulfide) groups is 1. The standard InChI is InChI=1S/C19H14O4S/c20-15(10-22-12-6-2-1-3-7-12)14-11-24-18-13-8-4-5-9-16(13)23-19(21)17(14)18/h1-9,14H,10-11H2. The summed E-state index contributed by atoms with van der Waals surface area (Å²) in [6, 6.07) is 16.6. The van der Waals surface area contributed by atoms with Crippen molar-refractivity contribution in [1.82, 2.24) is 0 Å². The minimum absolute atomic E-state index is 0.0546. The molecular weight excluding hydrogens is 324 g/mol. The van der Waals surface area contributed by atoms with Crippen LogP contribution in [0.4, 0.5) is 0 Å². The minimum Gasteiger partial charge on any atom is -0.486 e. The van der Waals surface area contributed by atoms with Gasteiger partial charge in [0.1, 0.15) is 17.9 Å². The highest BCUT2D eigenvalue weighted by molar-refractivity contribution is 8.00. The number of ketones is 1. The second-order valence-electron chi connectivity index (χ2n) is 5.56. The van der Waals surface area contributed by atoms with Crippen LogP contribution < -0.4 is 10.4 Å². The molecule has 1 atom stereocenters. The van der Waals surface area contributed by atoms with Crippen LogP contribution in [0.2, 0.25) is 0 Å². The third-order valence-electron chi connectivity index (χ3n) is 4.05. The number of benzene rings is 2. The first-order valence-electron chi connectivity index (χ1n) is 7.63. The first kappa shape index (κ1) is 15.0. The number of Topliss-reactive ketones (excluding diaryl/α,β-unsaturated/α-hetero) is 1.